The number of likely N-dealkylation sites (tertiary alicyclic amines) is 2. The van der Waals surface area contributed by atoms with Crippen LogP contribution in [0.25, 0.3) is 0 Å². The first-order valence-electron chi connectivity index (χ1n) is 10.3. The van der Waals surface area contributed by atoms with Gasteiger partial charge in [0.05, 0.1) is 13.7 Å². The predicted octanol–water partition coefficient (Wildman–Crippen LogP) is 3.64. The minimum atomic E-state index is 0.0345. The first kappa shape index (κ1) is 19.2. The average molecular weight is 379 g/mol. The van der Waals surface area contributed by atoms with E-state index in [0.29, 0.717) is 18.4 Å². The number of piperidine rings is 1. The van der Waals surface area contributed by atoms with E-state index in [4.69, 9.17) is 4.74 Å². The summed E-state index contributed by atoms with van der Waals surface area (Å²) in [5.41, 5.74) is 3.81. The van der Waals surface area contributed by atoms with Crippen LogP contribution in [0.15, 0.2) is 48.5 Å². The van der Waals surface area contributed by atoms with Crippen LogP contribution >= 0.6 is 0 Å². The topological polar surface area (TPSA) is 32.8 Å². The van der Waals surface area contributed by atoms with E-state index < -0.39 is 0 Å². The normalized spacial score (nSPS) is 23.9. The smallest absolute Gasteiger partial charge is 0.154 e. The molecule has 2 aliphatic heterocycles. The Kier molecular flexibility index (Phi) is 5.79. The molecule has 2 aromatic rings. The predicted molar refractivity (Wildman–Crippen MR) is 112 cm³/mol. The van der Waals surface area contributed by atoms with Crippen LogP contribution in [0.4, 0.5) is 0 Å². The van der Waals surface area contributed by atoms with Crippen LogP contribution in [0, 0.1) is 6.92 Å². The quantitative estimate of drug-likeness (QED) is 0.795. The maximum atomic E-state index is 12.8. The molecule has 2 atom stereocenters. The SMILES string of the molecule is COc1ccc(C2CCN(C3CCN(Cc4ccc(C)cc4)C3)CC2=O)cc1. The minimum absolute atomic E-state index is 0.0345. The van der Waals surface area contributed by atoms with E-state index in [1.54, 1.807) is 7.11 Å². The fourth-order valence-electron chi connectivity index (χ4n) is 4.55. The Balaban J connectivity index is 1.31. The number of ether oxygens (including phenoxy) is 1. The fraction of sp³-hybridized carbons (Fsp3) is 0.458. The summed E-state index contributed by atoms with van der Waals surface area (Å²) < 4.78 is 5.23. The Morgan fingerprint density at radius 1 is 1.00 bits per heavy atom. The lowest BCUT2D eigenvalue weighted by Crippen LogP contribution is -2.46. The number of carbonyl (C=O) groups is 1. The van der Waals surface area contributed by atoms with E-state index >= 15 is 0 Å². The second-order valence-corrected chi connectivity index (χ2v) is 8.21. The van der Waals surface area contributed by atoms with Crippen molar-refractivity contribution in [3.63, 3.8) is 0 Å². The number of hydrogen-bond donors (Lipinski definition) is 0. The molecule has 148 valence electrons. The van der Waals surface area contributed by atoms with Crippen LogP contribution in [0.1, 0.15) is 35.4 Å². The maximum absolute atomic E-state index is 12.8. The molecule has 2 fully saturated rings. The van der Waals surface area contributed by atoms with Crippen molar-refractivity contribution in [1.82, 2.24) is 9.80 Å². The molecule has 0 radical (unpaired) electrons. The Bertz CT molecular complexity index is 800. The van der Waals surface area contributed by atoms with Crippen molar-refractivity contribution in [3.8, 4) is 5.75 Å². The Morgan fingerprint density at radius 3 is 2.43 bits per heavy atom. The molecular weight excluding hydrogens is 348 g/mol. The molecular formula is C24H30N2O2. The summed E-state index contributed by atoms with van der Waals surface area (Å²) in [6.45, 7) is 6.90. The highest BCUT2D eigenvalue weighted by atomic mass is 16.5. The molecule has 4 rings (SSSR count). The van der Waals surface area contributed by atoms with E-state index in [9.17, 15) is 4.79 Å². The van der Waals surface area contributed by atoms with E-state index in [1.165, 1.54) is 11.1 Å². The Hall–Kier alpha value is -2.17. The largest absolute Gasteiger partial charge is 0.497 e. The first-order valence-corrected chi connectivity index (χ1v) is 10.3. The number of carbonyl (C=O) groups excluding carboxylic acids is 1. The van der Waals surface area contributed by atoms with Gasteiger partial charge in [-0.1, -0.05) is 42.0 Å². The van der Waals surface area contributed by atoms with Gasteiger partial charge in [-0.05, 0) is 49.6 Å². The lowest BCUT2D eigenvalue weighted by atomic mass is 9.87. The van der Waals surface area contributed by atoms with Crippen LogP contribution < -0.4 is 4.74 Å². The van der Waals surface area contributed by atoms with Crippen LogP contribution in [0.2, 0.25) is 0 Å². The molecule has 2 heterocycles. The molecule has 0 aromatic heterocycles. The molecule has 2 aliphatic rings. The van der Waals surface area contributed by atoms with Crippen LogP contribution in [0.5, 0.6) is 5.75 Å². The van der Waals surface area contributed by atoms with Gasteiger partial charge in [0.2, 0.25) is 0 Å². The summed E-state index contributed by atoms with van der Waals surface area (Å²) in [4.78, 5) is 17.8. The van der Waals surface area contributed by atoms with Gasteiger partial charge in [-0.2, -0.15) is 0 Å². The van der Waals surface area contributed by atoms with Gasteiger partial charge >= 0.3 is 0 Å². The third kappa shape index (κ3) is 4.29. The lowest BCUT2D eigenvalue weighted by Gasteiger charge is -2.35. The van der Waals surface area contributed by atoms with Gasteiger partial charge in [0.1, 0.15) is 5.75 Å². The van der Waals surface area contributed by atoms with Crippen molar-refractivity contribution in [2.45, 2.75) is 38.3 Å². The van der Waals surface area contributed by atoms with E-state index in [0.717, 1.165) is 50.3 Å². The zero-order valence-electron chi connectivity index (χ0n) is 16.9. The summed E-state index contributed by atoms with van der Waals surface area (Å²) >= 11 is 0. The van der Waals surface area contributed by atoms with Gasteiger partial charge < -0.3 is 4.74 Å². The minimum Gasteiger partial charge on any atom is -0.497 e. The number of rotatable bonds is 5. The highest BCUT2D eigenvalue weighted by Crippen LogP contribution is 2.29. The van der Waals surface area contributed by atoms with Gasteiger partial charge in [-0.25, -0.2) is 0 Å². The molecule has 0 amide bonds. The molecule has 0 N–H and O–H groups in total. The number of nitrogens with zero attached hydrogens (tertiary/aromatic N) is 2. The summed E-state index contributed by atoms with van der Waals surface area (Å²) in [5.74, 6) is 1.23. The molecule has 0 bridgehead atoms. The van der Waals surface area contributed by atoms with Gasteiger partial charge in [0.15, 0.2) is 5.78 Å². The van der Waals surface area contributed by atoms with Crippen molar-refractivity contribution in [2.24, 2.45) is 0 Å². The van der Waals surface area contributed by atoms with E-state index in [1.807, 2.05) is 24.3 Å². The second-order valence-electron chi connectivity index (χ2n) is 8.21. The zero-order chi connectivity index (χ0) is 19.5. The molecule has 0 saturated carbocycles. The Labute approximate surface area is 168 Å². The second kappa shape index (κ2) is 8.46. The van der Waals surface area contributed by atoms with E-state index in [-0.39, 0.29) is 5.92 Å². The maximum Gasteiger partial charge on any atom is 0.154 e. The standard InChI is InChI=1S/C24H30N2O2/c1-18-3-5-19(6-4-18)15-25-13-11-21(16-25)26-14-12-23(24(27)17-26)20-7-9-22(28-2)10-8-20/h3-10,21,23H,11-17H2,1-2H3. The van der Waals surface area contributed by atoms with Gasteiger partial charge in [-0.3, -0.25) is 14.6 Å². The number of hydrogen-bond acceptors (Lipinski definition) is 4. The molecule has 0 aliphatic carbocycles. The first-order chi connectivity index (χ1) is 13.6. The molecule has 4 heteroatoms. The lowest BCUT2D eigenvalue weighted by molar-refractivity contribution is -0.124. The average Bonchev–Trinajstić information content (AvgIpc) is 3.18. The monoisotopic (exact) mass is 378 g/mol. The van der Waals surface area contributed by atoms with Crippen molar-refractivity contribution in [2.75, 3.05) is 33.3 Å². The number of benzene rings is 2. The van der Waals surface area contributed by atoms with Gasteiger partial charge in [0, 0.05) is 31.6 Å². The van der Waals surface area contributed by atoms with Crippen LogP contribution in [0.3, 0.4) is 0 Å². The molecule has 4 nitrogen and oxygen atoms in total. The molecule has 2 saturated heterocycles. The van der Waals surface area contributed by atoms with Crippen molar-refractivity contribution in [1.29, 1.82) is 0 Å². The molecule has 2 unspecified atom stereocenters. The molecule has 0 spiro atoms. The molecule has 2 aromatic carbocycles. The van der Waals surface area contributed by atoms with Crippen LogP contribution in [-0.2, 0) is 11.3 Å². The van der Waals surface area contributed by atoms with Crippen molar-refractivity contribution in [3.05, 3.63) is 65.2 Å². The third-order valence-electron chi connectivity index (χ3n) is 6.26. The summed E-state index contributed by atoms with van der Waals surface area (Å²) in [7, 11) is 1.67. The van der Waals surface area contributed by atoms with Crippen molar-refractivity contribution < 1.29 is 9.53 Å². The number of ketones is 1. The summed E-state index contributed by atoms with van der Waals surface area (Å²) in [6, 6.07) is 17.3. The highest BCUT2D eigenvalue weighted by molar-refractivity contribution is 5.88. The summed E-state index contributed by atoms with van der Waals surface area (Å²) in [6.07, 6.45) is 2.08. The Morgan fingerprint density at radius 2 is 1.75 bits per heavy atom. The number of Topliss-reactive ketones (excluding diaryl/α,β-unsaturated/α-hetero) is 1. The number of methoxy groups -OCH3 is 1. The molecule has 28 heavy (non-hydrogen) atoms. The van der Waals surface area contributed by atoms with Gasteiger partial charge in [-0.15, -0.1) is 0 Å². The fourth-order valence-corrected chi connectivity index (χ4v) is 4.55. The summed E-state index contributed by atoms with van der Waals surface area (Å²) in [5, 5.41) is 0. The van der Waals surface area contributed by atoms with Crippen molar-refractivity contribution >= 4 is 5.78 Å². The van der Waals surface area contributed by atoms with Gasteiger partial charge in [0.25, 0.3) is 0 Å². The zero-order valence-corrected chi connectivity index (χ0v) is 16.9. The van der Waals surface area contributed by atoms with Crippen LogP contribution in [-0.4, -0.2) is 54.9 Å². The third-order valence-corrected chi connectivity index (χ3v) is 6.26. The van der Waals surface area contributed by atoms with E-state index in [2.05, 4.69) is 41.0 Å². The highest BCUT2D eigenvalue weighted by Gasteiger charge is 2.34. The number of aryl methyl sites for hydroxylation is 1.